The van der Waals surface area contributed by atoms with E-state index in [1.54, 1.807) is 6.20 Å². The molecule has 1 radical (unpaired) electrons. The molecule has 3 nitrogen and oxygen atoms in total. The standard InChI is InChI=1S/C22H18N.C18H12NO.Ir/c1-15(2)17-11-12-23-22(14-17)19-9-10-21-18(13-19)8-7-16-5-3-4-6-20(16)21;1-12-6-5-9-14-15-11-19-16(10-17(15)20-18(12)14)13-7-3-2-4-8-13;/h3-8,10-15H,1-2H3;2-7,9-11H,1H3;/q2*-1;/i15D;;. The molecule has 0 amide bonds. The number of furan rings is 1. The number of para-hydroxylation sites is 1. The van der Waals surface area contributed by atoms with E-state index in [1.165, 1.54) is 21.5 Å². The molecule has 0 aliphatic heterocycles. The van der Waals surface area contributed by atoms with Crippen molar-refractivity contribution in [2.45, 2.75) is 26.7 Å². The van der Waals surface area contributed by atoms with E-state index in [9.17, 15) is 0 Å². The van der Waals surface area contributed by atoms with E-state index in [2.05, 4.69) is 83.6 Å². The third-order valence-electron chi connectivity index (χ3n) is 7.85. The molecule has 0 bridgehead atoms. The second kappa shape index (κ2) is 12.5. The van der Waals surface area contributed by atoms with Gasteiger partial charge in [0.2, 0.25) is 0 Å². The van der Waals surface area contributed by atoms with Gasteiger partial charge in [0.05, 0.1) is 0 Å². The summed E-state index contributed by atoms with van der Waals surface area (Å²) in [6, 6.07) is 43.3. The average Bonchev–Trinajstić information content (AvgIpc) is 3.44. The predicted octanol–water partition coefficient (Wildman–Crippen LogP) is 10.7. The molecule has 8 rings (SSSR count). The fourth-order valence-electron chi connectivity index (χ4n) is 5.52. The Morgan fingerprint density at radius 1 is 0.705 bits per heavy atom. The maximum atomic E-state index is 8.22. The van der Waals surface area contributed by atoms with Crippen molar-refractivity contribution in [2.24, 2.45) is 0 Å². The van der Waals surface area contributed by atoms with Gasteiger partial charge in [-0.2, -0.15) is 0 Å². The smallest absolute Gasteiger partial charge is 0.138 e. The molecule has 5 aromatic carbocycles. The zero-order valence-corrected chi connectivity index (χ0v) is 27.1. The Bertz CT molecular complexity index is 2290. The summed E-state index contributed by atoms with van der Waals surface area (Å²) in [6.45, 7) is 5.84. The second-order valence-corrected chi connectivity index (χ2v) is 11.0. The monoisotopic (exact) mass is 748 g/mol. The third kappa shape index (κ3) is 5.67. The fraction of sp³-hybridized carbons (Fsp3) is 0.100. The molecule has 3 heterocycles. The molecule has 0 saturated heterocycles. The third-order valence-corrected chi connectivity index (χ3v) is 7.85. The van der Waals surface area contributed by atoms with Crippen molar-refractivity contribution in [3.05, 3.63) is 145 Å². The van der Waals surface area contributed by atoms with Crippen LogP contribution in [0, 0.1) is 19.1 Å². The van der Waals surface area contributed by atoms with Gasteiger partial charge in [0, 0.05) is 44.6 Å². The maximum absolute atomic E-state index is 8.22. The first kappa shape index (κ1) is 28.2. The van der Waals surface area contributed by atoms with Crippen LogP contribution >= 0.6 is 0 Å². The van der Waals surface area contributed by atoms with Gasteiger partial charge in [-0.3, -0.25) is 0 Å². The summed E-state index contributed by atoms with van der Waals surface area (Å²) in [5.74, 6) is -0.634. The van der Waals surface area contributed by atoms with E-state index in [-0.39, 0.29) is 20.1 Å². The Hall–Kier alpha value is -4.63. The summed E-state index contributed by atoms with van der Waals surface area (Å²) in [7, 11) is 0. The molecule has 0 spiro atoms. The minimum atomic E-state index is -0.634. The van der Waals surface area contributed by atoms with Gasteiger partial charge in [-0.1, -0.05) is 90.8 Å². The number of hydrogen-bond donors (Lipinski definition) is 0. The minimum Gasteiger partial charge on any atom is -0.456 e. The molecule has 0 fully saturated rings. The molecule has 4 heteroatoms. The van der Waals surface area contributed by atoms with Crippen LogP contribution in [0.15, 0.2) is 126 Å². The molecular weight excluding hydrogens is 717 g/mol. The Labute approximate surface area is 272 Å². The van der Waals surface area contributed by atoms with Gasteiger partial charge in [-0.15, -0.1) is 65.0 Å². The molecule has 8 aromatic rings. The normalized spacial score (nSPS) is 11.7. The fourth-order valence-corrected chi connectivity index (χ4v) is 5.52. The van der Waals surface area contributed by atoms with Crippen LogP contribution in [0.5, 0.6) is 0 Å². The van der Waals surface area contributed by atoms with E-state index in [1.807, 2.05) is 74.6 Å². The number of aryl methyl sites for hydroxylation is 1. The van der Waals surface area contributed by atoms with Gasteiger partial charge in [0.1, 0.15) is 11.2 Å². The van der Waals surface area contributed by atoms with E-state index < -0.39 is 5.89 Å². The van der Waals surface area contributed by atoms with Crippen LogP contribution in [-0.2, 0) is 20.1 Å². The quantitative estimate of drug-likeness (QED) is 0.133. The second-order valence-electron chi connectivity index (χ2n) is 11.0. The van der Waals surface area contributed by atoms with Crippen molar-refractivity contribution in [1.29, 1.82) is 0 Å². The Kier molecular flexibility index (Phi) is 8.02. The number of nitrogens with zero attached hydrogens (tertiary/aromatic N) is 2. The summed E-state index contributed by atoms with van der Waals surface area (Å²) in [6.07, 6.45) is 3.66. The van der Waals surface area contributed by atoms with Gasteiger partial charge < -0.3 is 14.4 Å². The number of hydrogen-bond acceptors (Lipinski definition) is 3. The zero-order chi connectivity index (χ0) is 30.3. The minimum absolute atomic E-state index is 0. The first-order valence-electron chi connectivity index (χ1n) is 14.9. The van der Waals surface area contributed by atoms with E-state index in [0.717, 1.165) is 55.6 Å². The van der Waals surface area contributed by atoms with Gasteiger partial charge in [-0.05, 0) is 47.3 Å². The first-order valence-corrected chi connectivity index (χ1v) is 14.4. The topological polar surface area (TPSA) is 38.9 Å². The first-order chi connectivity index (χ1) is 21.3. The van der Waals surface area contributed by atoms with Gasteiger partial charge in [-0.25, -0.2) is 0 Å². The maximum Gasteiger partial charge on any atom is 0.138 e. The van der Waals surface area contributed by atoms with Crippen LogP contribution in [-0.4, -0.2) is 9.97 Å². The van der Waals surface area contributed by atoms with Crippen molar-refractivity contribution in [3.8, 4) is 22.5 Å². The van der Waals surface area contributed by atoms with Crippen LogP contribution in [0.3, 0.4) is 0 Å². The summed E-state index contributed by atoms with van der Waals surface area (Å²) >= 11 is 0. The summed E-state index contributed by atoms with van der Waals surface area (Å²) in [4.78, 5) is 9.02. The van der Waals surface area contributed by atoms with Gasteiger partial charge in [0.25, 0.3) is 0 Å². The molecule has 44 heavy (non-hydrogen) atoms. The molecular formula is C40H30IrN2O-2. The van der Waals surface area contributed by atoms with Crippen molar-refractivity contribution in [3.63, 3.8) is 0 Å². The largest absolute Gasteiger partial charge is 0.456 e. The molecule has 0 aliphatic rings. The van der Waals surface area contributed by atoms with Gasteiger partial charge in [0.15, 0.2) is 0 Å². The van der Waals surface area contributed by atoms with Crippen molar-refractivity contribution < 1.29 is 25.9 Å². The molecule has 0 aliphatic carbocycles. The van der Waals surface area contributed by atoms with Gasteiger partial charge >= 0.3 is 0 Å². The molecule has 0 N–H and O–H groups in total. The SMILES string of the molecule is Cc1cccc2c1oc1cc(-c3[c-]cccc3)ncc12.[2H]C(C)(C)c1ccnc(-c2[c-]cc3c(ccc4ccccc43)c2)c1.[Ir]. The van der Waals surface area contributed by atoms with E-state index >= 15 is 0 Å². The molecule has 0 unspecified atom stereocenters. The van der Waals surface area contributed by atoms with E-state index in [4.69, 9.17) is 5.79 Å². The van der Waals surface area contributed by atoms with Crippen molar-refractivity contribution in [2.75, 3.05) is 0 Å². The number of pyridine rings is 2. The van der Waals surface area contributed by atoms with Crippen molar-refractivity contribution >= 4 is 43.5 Å². The Balaban J connectivity index is 0.000000158. The summed E-state index contributed by atoms with van der Waals surface area (Å²) < 4.78 is 14.2. The Morgan fingerprint density at radius 2 is 1.50 bits per heavy atom. The van der Waals surface area contributed by atoms with Crippen LogP contribution < -0.4 is 0 Å². The van der Waals surface area contributed by atoms with Crippen LogP contribution in [0.4, 0.5) is 0 Å². The zero-order valence-electron chi connectivity index (χ0n) is 25.7. The predicted molar refractivity (Wildman–Crippen MR) is 178 cm³/mol. The number of rotatable bonds is 3. The van der Waals surface area contributed by atoms with Crippen molar-refractivity contribution in [1.82, 2.24) is 9.97 Å². The molecule has 0 atom stereocenters. The summed E-state index contributed by atoms with van der Waals surface area (Å²) in [5.41, 5.74) is 7.61. The molecule has 217 valence electrons. The number of fused-ring (bicyclic) bond motifs is 6. The van der Waals surface area contributed by atoms with Crippen LogP contribution in [0.25, 0.3) is 66.0 Å². The van der Waals surface area contributed by atoms with E-state index in [0.29, 0.717) is 0 Å². The number of aromatic nitrogens is 2. The van der Waals surface area contributed by atoms with Crippen LogP contribution in [0.2, 0.25) is 0 Å². The van der Waals surface area contributed by atoms with Crippen LogP contribution in [0.1, 0.15) is 32.2 Å². The number of benzene rings is 5. The summed E-state index contributed by atoms with van der Waals surface area (Å²) in [5, 5.41) is 7.04. The molecule has 0 saturated carbocycles. The molecule has 3 aromatic heterocycles. The average molecular weight is 748 g/mol. The Morgan fingerprint density at radius 3 is 2.34 bits per heavy atom.